The third-order valence-electron chi connectivity index (χ3n) is 2.13. The first-order valence-electron chi connectivity index (χ1n) is 6.17. The molecule has 0 aromatic carbocycles. The summed E-state index contributed by atoms with van der Waals surface area (Å²) < 4.78 is 0. The van der Waals surface area contributed by atoms with E-state index in [1.54, 1.807) is 5.57 Å². The molecule has 0 aromatic heterocycles. The van der Waals surface area contributed by atoms with Crippen molar-refractivity contribution >= 4 is 5.97 Å². The van der Waals surface area contributed by atoms with Gasteiger partial charge in [0.2, 0.25) is 0 Å². The monoisotopic (exact) mass is 227 g/mol. The highest BCUT2D eigenvalue weighted by atomic mass is 16.4. The summed E-state index contributed by atoms with van der Waals surface area (Å²) in [6.45, 7) is 3.89. The molecule has 0 radical (unpaired) electrons. The molecule has 0 saturated carbocycles. The number of carbonyl (C=O) groups is 1. The van der Waals surface area contributed by atoms with Crippen LogP contribution in [0.15, 0.2) is 11.6 Å². The smallest absolute Gasteiger partial charge is 0.303 e. The Labute approximate surface area is 98.7 Å². The van der Waals surface area contributed by atoms with Crippen molar-refractivity contribution in [2.24, 2.45) is 5.73 Å². The number of carboxylic acid groups (broad SMARTS) is 1. The van der Waals surface area contributed by atoms with Gasteiger partial charge < -0.3 is 10.8 Å². The van der Waals surface area contributed by atoms with Gasteiger partial charge in [0.05, 0.1) is 0 Å². The minimum atomic E-state index is -0.667. The van der Waals surface area contributed by atoms with E-state index in [4.69, 9.17) is 10.8 Å². The van der Waals surface area contributed by atoms with Crippen LogP contribution in [0, 0.1) is 0 Å². The minimum absolute atomic E-state index is 0.333. The molecule has 16 heavy (non-hydrogen) atoms. The Kier molecular flexibility index (Phi) is 8.91. The van der Waals surface area contributed by atoms with E-state index in [1.807, 2.05) is 13.8 Å². The van der Waals surface area contributed by atoms with Gasteiger partial charge in [0.1, 0.15) is 0 Å². The van der Waals surface area contributed by atoms with Crippen LogP contribution in [0.2, 0.25) is 0 Å². The fourth-order valence-electron chi connectivity index (χ4n) is 1.26. The van der Waals surface area contributed by atoms with Gasteiger partial charge in [-0.3, -0.25) is 4.79 Å². The number of carboxylic acids is 1. The molecule has 3 N–H and O–H groups in total. The average Bonchev–Trinajstić information content (AvgIpc) is 2.93. The summed E-state index contributed by atoms with van der Waals surface area (Å²) in [5, 5.41) is 8.36. The molecule has 0 aliphatic heterocycles. The highest BCUT2D eigenvalue weighted by Crippen LogP contribution is 2.24. The lowest BCUT2D eigenvalue weighted by Gasteiger charge is -1.96. The van der Waals surface area contributed by atoms with Crippen LogP contribution in [0.1, 0.15) is 58.8 Å². The number of allylic oxidation sites excluding steroid dienone is 2. The molecule has 0 saturated heterocycles. The van der Waals surface area contributed by atoms with Crippen molar-refractivity contribution < 1.29 is 9.90 Å². The maximum atomic E-state index is 10.1. The predicted octanol–water partition coefficient (Wildman–Crippen LogP) is 3.10. The molecule has 0 amide bonds. The lowest BCUT2D eigenvalue weighted by Crippen LogP contribution is -2.06. The van der Waals surface area contributed by atoms with Gasteiger partial charge in [0, 0.05) is 6.42 Å². The van der Waals surface area contributed by atoms with Crippen LogP contribution >= 0.6 is 0 Å². The maximum Gasteiger partial charge on any atom is 0.303 e. The number of nitrogens with two attached hydrogens (primary N) is 1. The molecule has 0 spiro atoms. The van der Waals surface area contributed by atoms with Gasteiger partial charge in [0.15, 0.2) is 0 Å². The van der Waals surface area contributed by atoms with Gasteiger partial charge in [0.25, 0.3) is 0 Å². The summed E-state index contributed by atoms with van der Waals surface area (Å²) in [7, 11) is 0. The first kappa shape index (κ1) is 15.2. The van der Waals surface area contributed by atoms with Crippen molar-refractivity contribution in [2.45, 2.75) is 64.8 Å². The van der Waals surface area contributed by atoms with E-state index in [-0.39, 0.29) is 0 Å². The van der Waals surface area contributed by atoms with Crippen molar-refractivity contribution in [1.82, 2.24) is 0 Å². The maximum absolute atomic E-state index is 10.1. The standard InChI is InChI=1S/C10H16O2.C3H9N/c11-10(12)6-4-2-1-3-5-9-7-8-9;1-3(2)4/h7H,1-6,8H2,(H,11,12);3H,4H2,1-2H3. The Bertz CT molecular complexity index is 213. The zero-order valence-corrected chi connectivity index (χ0v) is 10.5. The molecule has 0 heterocycles. The molecule has 0 atom stereocenters. The molecule has 0 unspecified atom stereocenters. The van der Waals surface area contributed by atoms with Crippen LogP contribution in [-0.2, 0) is 4.79 Å². The normalized spacial score (nSPS) is 12.9. The molecule has 3 heteroatoms. The lowest BCUT2D eigenvalue weighted by molar-refractivity contribution is -0.137. The van der Waals surface area contributed by atoms with Crippen molar-refractivity contribution in [1.29, 1.82) is 0 Å². The Hall–Kier alpha value is -0.830. The lowest BCUT2D eigenvalue weighted by atomic mass is 10.1. The largest absolute Gasteiger partial charge is 0.481 e. The van der Waals surface area contributed by atoms with Crippen LogP contribution < -0.4 is 5.73 Å². The van der Waals surface area contributed by atoms with Crippen LogP contribution in [0.25, 0.3) is 0 Å². The molecule has 1 aliphatic carbocycles. The van der Waals surface area contributed by atoms with Crippen LogP contribution in [-0.4, -0.2) is 17.1 Å². The molecule has 0 fully saturated rings. The van der Waals surface area contributed by atoms with Crippen molar-refractivity contribution in [3.05, 3.63) is 11.6 Å². The van der Waals surface area contributed by atoms with E-state index in [9.17, 15) is 4.79 Å². The molecule has 1 rings (SSSR count). The van der Waals surface area contributed by atoms with E-state index in [0.29, 0.717) is 12.5 Å². The second kappa shape index (κ2) is 9.40. The summed E-state index contributed by atoms with van der Waals surface area (Å²) in [5.41, 5.74) is 6.70. The van der Waals surface area contributed by atoms with Gasteiger partial charge in [-0.05, 0) is 31.7 Å². The highest BCUT2D eigenvalue weighted by Gasteiger charge is 2.05. The molecule has 94 valence electrons. The summed E-state index contributed by atoms with van der Waals surface area (Å²) in [6.07, 6.45) is 9.41. The summed E-state index contributed by atoms with van der Waals surface area (Å²) in [5.74, 6) is -0.667. The number of unbranched alkanes of at least 4 members (excludes halogenated alkanes) is 3. The fraction of sp³-hybridized carbons (Fsp3) is 0.769. The topological polar surface area (TPSA) is 63.3 Å². The first-order valence-corrected chi connectivity index (χ1v) is 6.17. The van der Waals surface area contributed by atoms with Crippen molar-refractivity contribution in [3.63, 3.8) is 0 Å². The SMILES string of the molecule is CC(C)N.O=C(O)CCCCCCC1=CC1. The zero-order chi connectivity index (χ0) is 12.4. The Morgan fingerprint density at radius 2 is 1.88 bits per heavy atom. The second-order valence-corrected chi connectivity index (χ2v) is 4.62. The van der Waals surface area contributed by atoms with Gasteiger partial charge in [-0.2, -0.15) is 0 Å². The number of rotatable bonds is 7. The minimum Gasteiger partial charge on any atom is -0.481 e. The number of aliphatic carboxylic acids is 1. The summed E-state index contributed by atoms with van der Waals surface area (Å²) >= 11 is 0. The van der Waals surface area contributed by atoms with Gasteiger partial charge in [-0.25, -0.2) is 0 Å². The quantitative estimate of drug-likeness (QED) is 0.519. The molecule has 0 aromatic rings. The summed E-state index contributed by atoms with van der Waals surface area (Å²) in [6, 6.07) is 0.333. The fourth-order valence-corrected chi connectivity index (χ4v) is 1.26. The number of hydrogen-bond acceptors (Lipinski definition) is 2. The third-order valence-corrected chi connectivity index (χ3v) is 2.13. The van der Waals surface area contributed by atoms with Gasteiger partial charge >= 0.3 is 5.97 Å². The van der Waals surface area contributed by atoms with E-state index in [0.717, 1.165) is 12.8 Å². The summed E-state index contributed by atoms with van der Waals surface area (Å²) in [4.78, 5) is 10.1. The Morgan fingerprint density at radius 3 is 2.31 bits per heavy atom. The molecule has 0 bridgehead atoms. The Balaban J connectivity index is 0.000000487. The van der Waals surface area contributed by atoms with Gasteiger partial charge in [-0.15, -0.1) is 0 Å². The highest BCUT2D eigenvalue weighted by molar-refractivity contribution is 5.66. The van der Waals surface area contributed by atoms with Crippen molar-refractivity contribution in [2.75, 3.05) is 0 Å². The predicted molar refractivity (Wildman–Crippen MR) is 67.4 cm³/mol. The van der Waals surface area contributed by atoms with E-state index >= 15 is 0 Å². The zero-order valence-electron chi connectivity index (χ0n) is 10.5. The Morgan fingerprint density at radius 1 is 1.38 bits per heavy atom. The van der Waals surface area contributed by atoms with Crippen LogP contribution in [0.3, 0.4) is 0 Å². The number of hydrogen-bond donors (Lipinski definition) is 2. The van der Waals surface area contributed by atoms with E-state index in [1.165, 1.54) is 25.7 Å². The molecule has 3 nitrogen and oxygen atoms in total. The van der Waals surface area contributed by atoms with Gasteiger partial charge in [-0.1, -0.05) is 38.3 Å². The average molecular weight is 227 g/mol. The van der Waals surface area contributed by atoms with Crippen LogP contribution in [0.4, 0.5) is 0 Å². The second-order valence-electron chi connectivity index (χ2n) is 4.62. The van der Waals surface area contributed by atoms with Crippen molar-refractivity contribution in [3.8, 4) is 0 Å². The van der Waals surface area contributed by atoms with E-state index < -0.39 is 5.97 Å². The van der Waals surface area contributed by atoms with Crippen LogP contribution in [0.5, 0.6) is 0 Å². The molecular weight excluding hydrogens is 202 g/mol. The molecule has 1 aliphatic rings. The first-order chi connectivity index (χ1) is 7.52. The van der Waals surface area contributed by atoms with E-state index in [2.05, 4.69) is 6.08 Å². The molecular formula is C13H25NO2. The third kappa shape index (κ3) is 15.6.